The predicted molar refractivity (Wildman–Crippen MR) is 114 cm³/mol. The summed E-state index contributed by atoms with van der Waals surface area (Å²) in [5.74, 6) is 4.31. The summed E-state index contributed by atoms with van der Waals surface area (Å²) in [6, 6.07) is 11.9. The number of carbonyl (C=O) groups is 3. The van der Waals surface area contributed by atoms with Gasteiger partial charge >= 0.3 is 5.97 Å². The van der Waals surface area contributed by atoms with Gasteiger partial charge in [0.2, 0.25) is 0 Å². The number of hydrogen-bond acceptors (Lipinski definition) is 8. The Morgan fingerprint density at radius 1 is 1.06 bits per heavy atom. The second-order valence-corrected chi connectivity index (χ2v) is 6.36. The fourth-order valence-electron chi connectivity index (χ4n) is 2.66. The highest BCUT2D eigenvalue weighted by molar-refractivity contribution is 6.04. The first-order valence-corrected chi connectivity index (χ1v) is 9.54. The van der Waals surface area contributed by atoms with Crippen molar-refractivity contribution in [3.05, 3.63) is 65.2 Å². The first-order chi connectivity index (χ1) is 15.0. The number of nitrogens with one attached hydrogen (secondary N) is 1. The molecule has 0 aromatic heterocycles. The van der Waals surface area contributed by atoms with Crippen molar-refractivity contribution < 1.29 is 28.6 Å². The molecule has 0 aliphatic heterocycles. The Balaban J connectivity index is 2.03. The molecule has 0 saturated carbocycles. The number of amides is 1. The maximum absolute atomic E-state index is 12.9. The Bertz CT molecular complexity index is 910. The van der Waals surface area contributed by atoms with E-state index in [0.29, 0.717) is 16.9 Å². The lowest BCUT2D eigenvalue weighted by atomic mass is 10.0. The molecule has 9 nitrogen and oxygen atoms in total. The van der Waals surface area contributed by atoms with Crippen LogP contribution in [0.5, 0.6) is 5.75 Å². The second-order valence-electron chi connectivity index (χ2n) is 6.36. The third kappa shape index (κ3) is 7.23. The number of ether oxygens (including phenoxy) is 3. The summed E-state index contributed by atoms with van der Waals surface area (Å²) in [6.45, 7) is 1.76. The van der Waals surface area contributed by atoms with Crippen LogP contribution in [0.3, 0.4) is 0 Å². The molecular weight excluding hydrogens is 402 g/mol. The minimum Gasteiger partial charge on any atom is -0.482 e. The Kier molecular flexibility index (Phi) is 9.18. The molecule has 2 aromatic rings. The van der Waals surface area contributed by atoms with Crippen LogP contribution in [0, 0.1) is 0 Å². The van der Waals surface area contributed by atoms with Crippen LogP contribution in [-0.2, 0) is 14.3 Å². The van der Waals surface area contributed by atoms with E-state index >= 15 is 0 Å². The number of hydrazone groups is 1. The molecule has 0 aliphatic rings. The molecule has 0 spiro atoms. The molecule has 0 radical (unpaired) electrons. The van der Waals surface area contributed by atoms with E-state index in [4.69, 9.17) is 20.1 Å². The molecule has 1 amide bonds. The summed E-state index contributed by atoms with van der Waals surface area (Å²) in [4.78, 5) is 36.8. The van der Waals surface area contributed by atoms with Gasteiger partial charge < -0.3 is 25.4 Å². The lowest BCUT2D eigenvalue weighted by Crippen LogP contribution is -2.44. The number of methoxy groups -OCH3 is 1. The first-order valence-electron chi connectivity index (χ1n) is 9.54. The average Bonchev–Trinajstić information content (AvgIpc) is 2.78. The Morgan fingerprint density at radius 3 is 2.29 bits per heavy atom. The lowest BCUT2D eigenvalue weighted by Gasteiger charge is -2.17. The van der Waals surface area contributed by atoms with Gasteiger partial charge in [0, 0.05) is 18.2 Å². The third-order valence-corrected chi connectivity index (χ3v) is 4.15. The second kappa shape index (κ2) is 12.1. The number of hydrogen-bond donors (Lipinski definition) is 2. The number of Topliss-reactive ketones (excluding diaryl/α,β-unsaturated/α-hetero) is 1. The van der Waals surface area contributed by atoms with Gasteiger partial charge in [-0.1, -0.05) is 12.1 Å². The van der Waals surface area contributed by atoms with Gasteiger partial charge in [-0.15, -0.1) is 0 Å². The Hall–Kier alpha value is -3.72. The quantitative estimate of drug-likeness (QED) is 0.183. The van der Waals surface area contributed by atoms with E-state index in [2.05, 4.69) is 10.4 Å². The number of esters is 1. The van der Waals surface area contributed by atoms with Gasteiger partial charge in [0.05, 0.1) is 19.4 Å². The first kappa shape index (κ1) is 23.6. The van der Waals surface area contributed by atoms with E-state index < -0.39 is 17.9 Å². The van der Waals surface area contributed by atoms with Crippen molar-refractivity contribution in [3.63, 3.8) is 0 Å². The maximum Gasteiger partial charge on any atom is 0.344 e. The van der Waals surface area contributed by atoms with Gasteiger partial charge in [-0.2, -0.15) is 5.10 Å². The van der Waals surface area contributed by atoms with E-state index in [1.807, 2.05) is 0 Å². The zero-order valence-electron chi connectivity index (χ0n) is 17.4. The highest BCUT2D eigenvalue weighted by Gasteiger charge is 2.23. The Morgan fingerprint density at radius 2 is 1.71 bits per heavy atom. The summed E-state index contributed by atoms with van der Waals surface area (Å²) in [5.41, 5.74) is 1.49. The van der Waals surface area contributed by atoms with E-state index in [0.717, 1.165) is 5.56 Å². The zero-order valence-corrected chi connectivity index (χ0v) is 17.4. The van der Waals surface area contributed by atoms with Crippen LogP contribution in [0.15, 0.2) is 53.6 Å². The Labute approximate surface area is 180 Å². The van der Waals surface area contributed by atoms with E-state index in [9.17, 15) is 14.4 Å². The van der Waals surface area contributed by atoms with Crippen molar-refractivity contribution >= 4 is 23.9 Å². The molecule has 31 heavy (non-hydrogen) atoms. The summed E-state index contributed by atoms with van der Waals surface area (Å²) < 4.78 is 15.2. The van der Waals surface area contributed by atoms with Crippen molar-refractivity contribution in [2.45, 2.75) is 13.0 Å². The number of benzene rings is 2. The number of rotatable bonds is 11. The SMILES string of the molecule is CCOC(=O)COc1ccc(C(=O)[C@H](COC)NC(=O)c2ccc(C=NN)cc2)cc1. The average molecular weight is 427 g/mol. The summed E-state index contributed by atoms with van der Waals surface area (Å²) >= 11 is 0. The number of ketones is 1. The number of nitrogens with zero attached hydrogens (tertiary/aromatic N) is 1. The van der Waals surface area contributed by atoms with Gasteiger partial charge in [-0.25, -0.2) is 4.79 Å². The largest absolute Gasteiger partial charge is 0.482 e. The zero-order chi connectivity index (χ0) is 22.6. The molecule has 2 rings (SSSR count). The molecule has 0 heterocycles. The lowest BCUT2D eigenvalue weighted by molar-refractivity contribution is -0.145. The minimum atomic E-state index is -0.880. The van der Waals surface area contributed by atoms with Crippen LogP contribution < -0.4 is 15.9 Å². The molecule has 9 heteroatoms. The van der Waals surface area contributed by atoms with Gasteiger partial charge in [-0.05, 0) is 48.9 Å². The van der Waals surface area contributed by atoms with E-state index in [-0.39, 0.29) is 25.6 Å². The summed E-state index contributed by atoms with van der Waals surface area (Å²) in [5, 5.41) is 6.11. The smallest absolute Gasteiger partial charge is 0.344 e. The van der Waals surface area contributed by atoms with Gasteiger partial charge in [0.15, 0.2) is 12.4 Å². The fraction of sp³-hybridized carbons (Fsp3) is 0.273. The van der Waals surface area contributed by atoms with Gasteiger partial charge in [0.25, 0.3) is 5.91 Å². The summed E-state index contributed by atoms with van der Waals surface area (Å²) in [6.07, 6.45) is 1.46. The van der Waals surface area contributed by atoms with Crippen LogP contribution >= 0.6 is 0 Å². The molecule has 0 aliphatic carbocycles. The van der Waals surface area contributed by atoms with Crippen molar-refractivity contribution in [1.82, 2.24) is 5.32 Å². The van der Waals surface area contributed by atoms with Crippen LogP contribution in [0.4, 0.5) is 0 Å². The van der Waals surface area contributed by atoms with Crippen molar-refractivity contribution in [3.8, 4) is 5.75 Å². The predicted octanol–water partition coefficient (Wildman–Crippen LogP) is 1.55. The fourth-order valence-corrected chi connectivity index (χ4v) is 2.66. The number of nitrogens with two attached hydrogens (primary N) is 1. The molecule has 164 valence electrons. The third-order valence-electron chi connectivity index (χ3n) is 4.15. The molecule has 1 atom stereocenters. The molecule has 2 aromatic carbocycles. The monoisotopic (exact) mass is 427 g/mol. The topological polar surface area (TPSA) is 129 Å². The highest BCUT2D eigenvalue weighted by atomic mass is 16.6. The minimum absolute atomic E-state index is 0.00357. The maximum atomic E-state index is 12.9. The van der Waals surface area contributed by atoms with Crippen molar-refractivity contribution in [1.29, 1.82) is 0 Å². The summed E-state index contributed by atoms with van der Waals surface area (Å²) in [7, 11) is 1.44. The molecule has 0 bridgehead atoms. The van der Waals surface area contributed by atoms with Crippen LogP contribution in [0.25, 0.3) is 0 Å². The van der Waals surface area contributed by atoms with Crippen molar-refractivity contribution in [2.75, 3.05) is 26.9 Å². The molecule has 0 saturated heterocycles. The molecule has 0 fully saturated rings. The normalized spacial score (nSPS) is 11.7. The molecular formula is C22H25N3O6. The van der Waals surface area contributed by atoms with E-state index in [1.54, 1.807) is 55.5 Å². The van der Waals surface area contributed by atoms with Crippen LogP contribution in [0.2, 0.25) is 0 Å². The highest BCUT2D eigenvalue weighted by Crippen LogP contribution is 2.14. The van der Waals surface area contributed by atoms with Crippen LogP contribution in [0.1, 0.15) is 33.2 Å². The molecule has 0 unspecified atom stereocenters. The number of carbonyl (C=O) groups excluding carboxylic acids is 3. The standard InChI is InChI=1S/C22H25N3O6/c1-3-30-20(26)14-31-18-10-8-16(9-11-18)21(27)19(13-29-2)25-22(28)17-6-4-15(5-7-17)12-24-23/h4-12,19H,3,13-14,23H2,1-2H3,(H,25,28)/t19-/m0/s1. The molecule has 3 N–H and O–H groups in total. The van der Waals surface area contributed by atoms with E-state index in [1.165, 1.54) is 13.3 Å². The van der Waals surface area contributed by atoms with Crippen molar-refractivity contribution in [2.24, 2.45) is 10.9 Å². The van der Waals surface area contributed by atoms with Gasteiger partial charge in [-0.3, -0.25) is 9.59 Å². The van der Waals surface area contributed by atoms with Gasteiger partial charge in [0.1, 0.15) is 11.8 Å². The van der Waals surface area contributed by atoms with Crippen LogP contribution in [-0.4, -0.2) is 56.8 Å².